The number of Topliss-reactive ketones (excluding diaryl/α,β-unsaturated/α-hetero) is 2. The van der Waals surface area contributed by atoms with Crippen LogP contribution in [0.5, 0.6) is 0 Å². The maximum atomic E-state index is 11.9. The van der Waals surface area contributed by atoms with Crippen molar-refractivity contribution >= 4 is 17.3 Å². The van der Waals surface area contributed by atoms with E-state index in [1.807, 2.05) is 6.07 Å². The van der Waals surface area contributed by atoms with Gasteiger partial charge in [0.1, 0.15) is 5.78 Å². The van der Waals surface area contributed by atoms with E-state index in [0.29, 0.717) is 12.0 Å². The largest absolute Gasteiger partial charge is 0.364 e. The first-order valence-electron chi connectivity index (χ1n) is 6.62. The zero-order valence-electron chi connectivity index (χ0n) is 11.4. The Morgan fingerprint density at radius 2 is 1.85 bits per heavy atom. The number of hydrogen-bond donors (Lipinski definition) is 0. The summed E-state index contributed by atoms with van der Waals surface area (Å²) in [4.78, 5) is 26.6. The van der Waals surface area contributed by atoms with Crippen LogP contribution in [0.4, 0.5) is 0 Å². The second-order valence-electron chi connectivity index (χ2n) is 4.46. The van der Waals surface area contributed by atoms with Gasteiger partial charge in [0.25, 0.3) is 0 Å². The van der Waals surface area contributed by atoms with Crippen molar-refractivity contribution in [3.05, 3.63) is 54.1 Å². The molecule has 1 rings (SSSR count). The first-order chi connectivity index (χ1) is 9.69. The first-order valence-corrected chi connectivity index (χ1v) is 6.62. The van der Waals surface area contributed by atoms with Crippen LogP contribution >= 0.6 is 0 Å². The molecule has 0 radical (unpaired) electrons. The van der Waals surface area contributed by atoms with Crippen LogP contribution in [0.25, 0.3) is 5.53 Å². The van der Waals surface area contributed by atoms with Gasteiger partial charge in [0.05, 0.1) is 5.56 Å². The molecule has 0 fully saturated rings. The van der Waals surface area contributed by atoms with Crippen LogP contribution in [0.15, 0.2) is 43.0 Å². The fourth-order valence-corrected chi connectivity index (χ4v) is 1.81. The lowest BCUT2D eigenvalue weighted by molar-refractivity contribution is -0.123. The summed E-state index contributed by atoms with van der Waals surface area (Å²) in [5, 5.41) is 0. The van der Waals surface area contributed by atoms with Crippen molar-refractivity contribution in [1.29, 1.82) is 0 Å². The predicted octanol–water partition coefficient (Wildman–Crippen LogP) is 2.98. The molecular weight excluding hydrogens is 252 g/mol. The molecule has 0 aliphatic heterocycles. The summed E-state index contributed by atoms with van der Waals surface area (Å²) in [5.74, 6) is -0.277. The average molecular weight is 270 g/mol. The molecule has 0 saturated heterocycles. The molecule has 0 bridgehead atoms. The van der Waals surface area contributed by atoms with Crippen molar-refractivity contribution in [2.75, 3.05) is 0 Å². The minimum absolute atomic E-state index is 0.00416. The zero-order valence-corrected chi connectivity index (χ0v) is 11.4. The highest BCUT2D eigenvalue weighted by Crippen LogP contribution is 2.06. The predicted molar refractivity (Wildman–Crippen MR) is 77.5 cm³/mol. The molecule has 0 aromatic heterocycles. The second-order valence-corrected chi connectivity index (χ2v) is 4.46. The van der Waals surface area contributed by atoms with Gasteiger partial charge in [0.2, 0.25) is 5.78 Å². The van der Waals surface area contributed by atoms with E-state index >= 15 is 0 Å². The monoisotopic (exact) mass is 270 g/mol. The smallest absolute Gasteiger partial charge is 0.361 e. The molecule has 4 nitrogen and oxygen atoms in total. The van der Waals surface area contributed by atoms with Gasteiger partial charge in [-0.15, -0.1) is 6.58 Å². The number of benzene rings is 1. The van der Waals surface area contributed by atoms with Crippen LogP contribution in [-0.4, -0.2) is 22.1 Å². The maximum Gasteiger partial charge on any atom is 0.364 e. The van der Waals surface area contributed by atoms with Crippen LogP contribution in [0.3, 0.4) is 0 Å². The third-order valence-electron chi connectivity index (χ3n) is 2.91. The molecule has 0 spiro atoms. The van der Waals surface area contributed by atoms with E-state index < -0.39 is 0 Å². The van der Waals surface area contributed by atoms with Crippen LogP contribution in [0, 0.1) is 0 Å². The Bertz CT molecular complexity index is 529. The summed E-state index contributed by atoms with van der Waals surface area (Å²) < 4.78 is 0. The number of carbonyl (C=O) groups is 2. The maximum absolute atomic E-state index is 11.9. The van der Waals surface area contributed by atoms with Gasteiger partial charge in [-0.05, 0) is 25.0 Å². The van der Waals surface area contributed by atoms with Crippen molar-refractivity contribution in [3.8, 4) is 0 Å². The molecule has 0 N–H and O–H groups in total. The highest BCUT2D eigenvalue weighted by atomic mass is 16.1. The lowest BCUT2D eigenvalue weighted by Gasteiger charge is -1.98. The molecule has 1 aromatic rings. The number of nitrogens with zero attached hydrogens (tertiary/aromatic N) is 2. The first kappa shape index (κ1) is 15.7. The summed E-state index contributed by atoms with van der Waals surface area (Å²) in [5.41, 5.74) is 9.52. The van der Waals surface area contributed by atoms with Gasteiger partial charge in [-0.2, -0.15) is 4.79 Å². The Labute approximate surface area is 118 Å². The van der Waals surface area contributed by atoms with Gasteiger partial charge in [0.15, 0.2) is 0 Å². The summed E-state index contributed by atoms with van der Waals surface area (Å²) >= 11 is 0. The molecule has 0 amide bonds. The van der Waals surface area contributed by atoms with Crippen molar-refractivity contribution in [2.24, 2.45) is 0 Å². The van der Waals surface area contributed by atoms with Crippen LogP contribution in [-0.2, 0) is 9.59 Å². The van der Waals surface area contributed by atoms with E-state index in [1.165, 1.54) is 0 Å². The van der Waals surface area contributed by atoms with Gasteiger partial charge in [0, 0.05) is 19.3 Å². The van der Waals surface area contributed by atoms with Gasteiger partial charge in [-0.25, -0.2) is 0 Å². The van der Waals surface area contributed by atoms with Crippen LogP contribution < -0.4 is 0 Å². The summed E-state index contributed by atoms with van der Waals surface area (Å²) in [6, 6.07) is 8.71. The molecular formula is C16H18N2O2. The number of hydrogen-bond acceptors (Lipinski definition) is 2. The van der Waals surface area contributed by atoms with E-state index in [0.717, 1.165) is 12.8 Å². The molecule has 0 aliphatic rings. The molecule has 104 valence electrons. The minimum atomic E-state index is -0.323. The molecule has 0 unspecified atom stereocenters. The fraction of sp³-hybridized carbons (Fsp3) is 0.312. The molecule has 4 heteroatoms. The quantitative estimate of drug-likeness (QED) is 0.227. The number of ketones is 2. The van der Waals surface area contributed by atoms with Crippen LogP contribution in [0.1, 0.15) is 37.7 Å². The van der Waals surface area contributed by atoms with E-state index in [4.69, 9.17) is 5.53 Å². The normalized spacial score (nSPS) is 9.60. The Morgan fingerprint density at radius 3 is 2.45 bits per heavy atom. The van der Waals surface area contributed by atoms with Crippen molar-refractivity contribution in [2.45, 2.75) is 32.1 Å². The lowest BCUT2D eigenvalue weighted by atomic mass is 10.0. The molecule has 1 aromatic carbocycles. The van der Waals surface area contributed by atoms with Gasteiger partial charge >= 0.3 is 5.71 Å². The second kappa shape index (κ2) is 8.73. The molecule has 0 atom stereocenters. The Balaban J connectivity index is 2.52. The van der Waals surface area contributed by atoms with Gasteiger partial charge in [-0.3, -0.25) is 9.59 Å². The third kappa shape index (κ3) is 5.12. The van der Waals surface area contributed by atoms with Crippen molar-refractivity contribution in [3.63, 3.8) is 0 Å². The third-order valence-corrected chi connectivity index (χ3v) is 2.91. The van der Waals surface area contributed by atoms with Crippen molar-refractivity contribution in [1.82, 2.24) is 0 Å². The summed E-state index contributed by atoms with van der Waals surface area (Å²) in [7, 11) is 0. The SMILES string of the molecule is C=CCCCC(=O)CCC(=O)C(=[N+]=[N-])c1ccccc1. The summed E-state index contributed by atoms with van der Waals surface area (Å²) in [6.45, 7) is 3.59. The highest BCUT2D eigenvalue weighted by Gasteiger charge is 2.22. The fourth-order valence-electron chi connectivity index (χ4n) is 1.81. The van der Waals surface area contributed by atoms with Crippen molar-refractivity contribution < 1.29 is 14.4 Å². The molecule has 0 saturated carbocycles. The topological polar surface area (TPSA) is 70.5 Å². The van der Waals surface area contributed by atoms with Crippen LogP contribution in [0.2, 0.25) is 0 Å². The lowest BCUT2D eigenvalue weighted by Crippen LogP contribution is -2.17. The number of unbranched alkanes of at least 4 members (excludes halogenated alkanes) is 1. The zero-order chi connectivity index (χ0) is 14.8. The molecule has 0 heterocycles. The Kier molecular flexibility index (Phi) is 6.87. The summed E-state index contributed by atoms with van der Waals surface area (Å²) in [6.07, 6.45) is 4.03. The van der Waals surface area contributed by atoms with Gasteiger partial charge < -0.3 is 5.53 Å². The van der Waals surface area contributed by atoms with E-state index in [1.54, 1.807) is 30.3 Å². The van der Waals surface area contributed by atoms with E-state index in [9.17, 15) is 9.59 Å². The van der Waals surface area contributed by atoms with E-state index in [-0.39, 0.29) is 30.1 Å². The van der Waals surface area contributed by atoms with Gasteiger partial charge in [-0.1, -0.05) is 24.3 Å². The molecule has 20 heavy (non-hydrogen) atoms. The Hall–Kier alpha value is -2.32. The number of carbonyl (C=O) groups excluding carboxylic acids is 2. The number of rotatable bonds is 9. The van der Waals surface area contributed by atoms with E-state index in [2.05, 4.69) is 11.4 Å². The number of allylic oxidation sites excluding steroid dienone is 1. The standard InChI is InChI=1S/C16H18N2O2/c1-2-3-5-10-14(19)11-12-15(20)16(18-17)13-8-6-4-7-9-13/h2,4,6-9H,1,3,5,10-12H2. The average Bonchev–Trinajstić information content (AvgIpc) is 2.47. The minimum Gasteiger partial charge on any atom is -0.361 e. The molecule has 0 aliphatic carbocycles. The highest BCUT2D eigenvalue weighted by molar-refractivity contribution is 6.44. The Morgan fingerprint density at radius 1 is 1.15 bits per heavy atom.